The Labute approximate surface area is 87.5 Å². The number of esters is 1. The molecule has 0 saturated carbocycles. The van der Waals surface area contributed by atoms with Crippen molar-refractivity contribution in [1.82, 2.24) is 0 Å². The second kappa shape index (κ2) is 5.14. The highest BCUT2D eigenvalue weighted by molar-refractivity contribution is 5.81. The molecule has 1 aromatic rings. The third-order valence-electron chi connectivity index (χ3n) is 2.11. The number of carbonyl (C=O) groups is 2. The summed E-state index contributed by atoms with van der Waals surface area (Å²) in [6, 6.07) is 6.13. The zero-order valence-electron chi connectivity index (χ0n) is 8.34. The van der Waals surface area contributed by atoms with Crippen molar-refractivity contribution in [2.75, 3.05) is 7.11 Å². The Morgan fingerprint density at radius 3 is 2.53 bits per heavy atom. The molecule has 1 rings (SSSR count). The summed E-state index contributed by atoms with van der Waals surface area (Å²) in [6.07, 6.45) is 0.756. The van der Waals surface area contributed by atoms with E-state index in [4.69, 9.17) is 5.11 Å². The van der Waals surface area contributed by atoms with Crippen LogP contribution in [0.2, 0.25) is 0 Å². The van der Waals surface area contributed by atoms with E-state index in [1.165, 1.54) is 19.2 Å². The third-order valence-corrected chi connectivity index (χ3v) is 2.11. The number of rotatable bonds is 4. The molecule has 80 valence electrons. The first-order valence-corrected chi connectivity index (χ1v) is 4.49. The van der Waals surface area contributed by atoms with Crippen molar-refractivity contribution in [1.29, 1.82) is 0 Å². The molecule has 0 spiro atoms. The van der Waals surface area contributed by atoms with Gasteiger partial charge in [0.25, 0.3) is 0 Å². The maximum Gasteiger partial charge on any atom is 0.313 e. The lowest BCUT2D eigenvalue weighted by molar-refractivity contribution is -0.143. The molecule has 0 aromatic heterocycles. The number of hydrogen-bond donors (Lipinski definition) is 1. The summed E-state index contributed by atoms with van der Waals surface area (Å²) in [5.74, 6) is -0.922. The summed E-state index contributed by atoms with van der Waals surface area (Å²) in [5, 5.41) is 9.08. The Morgan fingerprint density at radius 2 is 2.07 bits per heavy atom. The Morgan fingerprint density at radius 1 is 1.47 bits per heavy atom. The molecule has 15 heavy (non-hydrogen) atoms. The van der Waals surface area contributed by atoms with Crippen LogP contribution >= 0.6 is 0 Å². The summed E-state index contributed by atoms with van der Waals surface area (Å²) in [6.45, 7) is 0. The molecule has 4 nitrogen and oxygen atoms in total. The van der Waals surface area contributed by atoms with Crippen molar-refractivity contribution >= 4 is 12.3 Å². The van der Waals surface area contributed by atoms with Gasteiger partial charge in [-0.15, -0.1) is 0 Å². The molecule has 4 heteroatoms. The molecule has 0 fully saturated rings. The number of hydrogen-bond acceptors (Lipinski definition) is 4. The fourth-order valence-electron chi connectivity index (χ4n) is 1.31. The molecule has 0 radical (unpaired) electrons. The van der Waals surface area contributed by atoms with Crippen LogP contribution in [0.25, 0.3) is 0 Å². The number of benzene rings is 1. The Balaban J connectivity index is 2.93. The van der Waals surface area contributed by atoms with Crippen LogP contribution in [0.4, 0.5) is 0 Å². The van der Waals surface area contributed by atoms with Crippen molar-refractivity contribution < 1.29 is 19.4 Å². The molecule has 0 aliphatic heterocycles. The van der Waals surface area contributed by atoms with Gasteiger partial charge in [0.2, 0.25) is 0 Å². The monoisotopic (exact) mass is 208 g/mol. The van der Waals surface area contributed by atoms with Gasteiger partial charge in [-0.3, -0.25) is 4.79 Å². The molecule has 0 aliphatic rings. The largest absolute Gasteiger partial charge is 0.508 e. The number of aromatic hydroxyl groups is 1. The van der Waals surface area contributed by atoms with E-state index < -0.39 is 11.9 Å². The Hall–Kier alpha value is -1.84. The predicted molar refractivity (Wildman–Crippen MR) is 53.5 cm³/mol. The molecule has 1 N–H and O–H groups in total. The van der Waals surface area contributed by atoms with Gasteiger partial charge in [0.1, 0.15) is 12.0 Å². The number of ether oxygens (including phenoxy) is 1. The van der Waals surface area contributed by atoms with Gasteiger partial charge >= 0.3 is 5.97 Å². The van der Waals surface area contributed by atoms with E-state index in [1.54, 1.807) is 12.1 Å². The SMILES string of the molecule is COC(=O)C(CC=O)c1ccc(O)cc1. The van der Waals surface area contributed by atoms with E-state index >= 15 is 0 Å². The van der Waals surface area contributed by atoms with E-state index in [-0.39, 0.29) is 12.2 Å². The Bertz CT molecular complexity index is 342. The Kier molecular flexibility index (Phi) is 3.85. The normalized spacial score (nSPS) is 11.8. The molecule has 0 bridgehead atoms. The number of aldehydes is 1. The van der Waals surface area contributed by atoms with Crippen LogP contribution in [0, 0.1) is 0 Å². The highest BCUT2D eigenvalue weighted by Gasteiger charge is 2.20. The maximum absolute atomic E-state index is 11.3. The highest BCUT2D eigenvalue weighted by Crippen LogP contribution is 2.22. The van der Waals surface area contributed by atoms with Gasteiger partial charge in [-0.25, -0.2) is 0 Å². The first-order chi connectivity index (χ1) is 7.19. The molecule has 0 heterocycles. The van der Waals surface area contributed by atoms with Crippen molar-refractivity contribution in [3.63, 3.8) is 0 Å². The number of methoxy groups -OCH3 is 1. The summed E-state index contributed by atoms with van der Waals surface area (Å²) in [4.78, 5) is 21.8. The zero-order valence-corrected chi connectivity index (χ0v) is 8.34. The van der Waals surface area contributed by atoms with Crippen molar-refractivity contribution in [3.05, 3.63) is 29.8 Å². The minimum atomic E-state index is -0.590. The average Bonchev–Trinajstić information content (AvgIpc) is 2.26. The second-order valence-electron chi connectivity index (χ2n) is 3.07. The van der Waals surface area contributed by atoms with Crippen molar-refractivity contribution in [3.8, 4) is 5.75 Å². The van der Waals surface area contributed by atoms with E-state index in [1.807, 2.05) is 0 Å². The van der Waals surface area contributed by atoms with E-state index in [0.29, 0.717) is 11.8 Å². The molecular formula is C11H12O4. The maximum atomic E-state index is 11.3. The third kappa shape index (κ3) is 2.80. The van der Waals surface area contributed by atoms with Crippen LogP contribution in [-0.4, -0.2) is 24.5 Å². The van der Waals surface area contributed by atoms with Gasteiger partial charge in [-0.2, -0.15) is 0 Å². The lowest BCUT2D eigenvalue weighted by Crippen LogP contribution is -2.14. The summed E-state index contributed by atoms with van der Waals surface area (Å²) >= 11 is 0. The van der Waals surface area contributed by atoms with Gasteiger partial charge in [0, 0.05) is 6.42 Å². The molecule has 0 aliphatic carbocycles. The van der Waals surface area contributed by atoms with Crippen LogP contribution in [0.15, 0.2) is 24.3 Å². The van der Waals surface area contributed by atoms with E-state index in [0.717, 1.165) is 0 Å². The first-order valence-electron chi connectivity index (χ1n) is 4.49. The minimum absolute atomic E-state index is 0.0808. The average molecular weight is 208 g/mol. The quantitative estimate of drug-likeness (QED) is 0.597. The van der Waals surface area contributed by atoms with Crippen LogP contribution in [-0.2, 0) is 14.3 Å². The fraction of sp³-hybridized carbons (Fsp3) is 0.273. The standard InChI is InChI=1S/C11H12O4/c1-15-11(14)10(6-7-12)8-2-4-9(13)5-3-8/h2-5,7,10,13H,6H2,1H3. The predicted octanol–water partition coefficient (Wildman–Crippen LogP) is 1.24. The lowest BCUT2D eigenvalue weighted by Gasteiger charge is -2.11. The van der Waals surface area contributed by atoms with Gasteiger partial charge in [0.15, 0.2) is 0 Å². The summed E-state index contributed by atoms with van der Waals surface area (Å²) in [7, 11) is 1.28. The first kappa shape index (κ1) is 11.2. The highest BCUT2D eigenvalue weighted by atomic mass is 16.5. The number of carbonyl (C=O) groups excluding carboxylic acids is 2. The van der Waals surface area contributed by atoms with Crippen molar-refractivity contribution in [2.24, 2.45) is 0 Å². The molecular weight excluding hydrogens is 196 g/mol. The molecule has 0 amide bonds. The minimum Gasteiger partial charge on any atom is -0.508 e. The lowest BCUT2D eigenvalue weighted by atomic mass is 9.96. The van der Waals surface area contributed by atoms with Crippen LogP contribution in [0.1, 0.15) is 17.9 Å². The molecule has 1 aromatic carbocycles. The van der Waals surface area contributed by atoms with Crippen molar-refractivity contribution in [2.45, 2.75) is 12.3 Å². The van der Waals surface area contributed by atoms with Crippen LogP contribution in [0.3, 0.4) is 0 Å². The van der Waals surface area contributed by atoms with Gasteiger partial charge in [-0.1, -0.05) is 12.1 Å². The fourth-order valence-corrected chi connectivity index (χ4v) is 1.31. The zero-order chi connectivity index (χ0) is 11.3. The second-order valence-corrected chi connectivity index (χ2v) is 3.07. The molecule has 1 atom stereocenters. The van der Waals surface area contributed by atoms with E-state index in [2.05, 4.69) is 4.74 Å². The van der Waals surface area contributed by atoms with Crippen LogP contribution in [0.5, 0.6) is 5.75 Å². The summed E-state index contributed by atoms with van der Waals surface area (Å²) in [5.41, 5.74) is 0.659. The molecule has 1 unspecified atom stereocenters. The van der Waals surface area contributed by atoms with Crippen LogP contribution < -0.4 is 0 Å². The van der Waals surface area contributed by atoms with E-state index in [9.17, 15) is 9.59 Å². The van der Waals surface area contributed by atoms with Gasteiger partial charge in [-0.05, 0) is 17.7 Å². The van der Waals surface area contributed by atoms with Gasteiger partial charge < -0.3 is 14.6 Å². The molecule has 0 saturated heterocycles. The number of phenolic OH excluding ortho intramolecular Hbond substituents is 1. The topological polar surface area (TPSA) is 63.6 Å². The van der Waals surface area contributed by atoms with Gasteiger partial charge in [0.05, 0.1) is 13.0 Å². The summed E-state index contributed by atoms with van der Waals surface area (Å²) < 4.78 is 4.59. The number of phenols is 1. The smallest absolute Gasteiger partial charge is 0.313 e.